The topological polar surface area (TPSA) is 39.3 Å². The summed E-state index contributed by atoms with van der Waals surface area (Å²) < 4.78 is 0. The Balaban J connectivity index is 1.40. The number of halogens is 2. The van der Waals surface area contributed by atoms with E-state index in [-0.39, 0.29) is 5.91 Å². The highest BCUT2D eigenvalue weighted by molar-refractivity contribution is 6.31. The minimum atomic E-state index is 0.159. The van der Waals surface area contributed by atoms with Gasteiger partial charge >= 0.3 is 0 Å². The van der Waals surface area contributed by atoms with Crippen molar-refractivity contribution in [2.45, 2.75) is 6.42 Å². The third kappa shape index (κ3) is 3.53. The van der Waals surface area contributed by atoms with Crippen LogP contribution < -0.4 is 4.90 Å². The Kier molecular flexibility index (Phi) is 4.79. The predicted octanol–water partition coefficient (Wildman–Crippen LogP) is 4.37. The largest absolute Gasteiger partial charge is 0.368 e. The summed E-state index contributed by atoms with van der Waals surface area (Å²) in [7, 11) is 0. The van der Waals surface area contributed by atoms with Gasteiger partial charge in [0.05, 0.1) is 6.42 Å². The summed E-state index contributed by atoms with van der Waals surface area (Å²) in [6, 6.07) is 13.6. The fourth-order valence-corrected chi connectivity index (χ4v) is 3.82. The van der Waals surface area contributed by atoms with E-state index in [1.54, 1.807) is 0 Å². The average molecular weight is 388 g/mol. The Labute approximate surface area is 162 Å². The molecule has 0 saturated carbocycles. The van der Waals surface area contributed by atoms with Gasteiger partial charge in [-0.25, -0.2) is 0 Å². The molecule has 0 aliphatic carbocycles. The van der Waals surface area contributed by atoms with Gasteiger partial charge in [-0.3, -0.25) is 4.79 Å². The second kappa shape index (κ2) is 7.22. The maximum atomic E-state index is 12.7. The van der Waals surface area contributed by atoms with Crippen LogP contribution in [0.4, 0.5) is 5.69 Å². The molecule has 3 aromatic rings. The number of hydrogen-bond donors (Lipinski definition) is 1. The van der Waals surface area contributed by atoms with E-state index >= 15 is 0 Å². The van der Waals surface area contributed by atoms with E-state index in [0.29, 0.717) is 11.4 Å². The number of carbonyl (C=O) groups is 1. The molecular formula is C20H19Cl2N3O. The van der Waals surface area contributed by atoms with Crippen molar-refractivity contribution in [1.82, 2.24) is 9.88 Å². The molecule has 134 valence electrons. The molecule has 2 aromatic carbocycles. The normalized spacial score (nSPS) is 14.8. The number of aromatic amines is 1. The number of amides is 1. The number of rotatable bonds is 3. The molecule has 0 bridgehead atoms. The first-order valence-corrected chi connectivity index (χ1v) is 9.39. The maximum absolute atomic E-state index is 12.7. The molecule has 1 aromatic heterocycles. The Morgan fingerprint density at radius 1 is 1.00 bits per heavy atom. The van der Waals surface area contributed by atoms with Crippen LogP contribution in [0.1, 0.15) is 5.56 Å². The quantitative estimate of drug-likeness (QED) is 0.724. The van der Waals surface area contributed by atoms with Gasteiger partial charge in [0, 0.05) is 59.0 Å². The van der Waals surface area contributed by atoms with Gasteiger partial charge in [0.1, 0.15) is 0 Å². The molecule has 1 saturated heterocycles. The molecule has 4 nitrogen and oxygen atoms in total. The van der Waals surface area contributed by atoms with Crippen LogP contribution >= 0.6 is 23.2 Å². The summed E-state index contributed by atoms with van der Waals surface area (Å²) in [5.74, 6) is 0.159. The van der Waals surface area contributed by atoms with Crippen molar-refractivity contribution in [3.63, 3.8) is 0 Å². The van der Waals surface area contributed by atoms with E-state index in [2.05, 4.69) is 16.0 Å². The van der Waals surface area contributed by atoms with Crippen LogP contribution in [0, 0.1) is 0 Å². The van der Waals surface area contributed by atoms with E-state index in [1.807, 2.05) is 47.5 Å². The standard InChI is InChI=1S/C20H19Cl2N3O/c21-15-2-1-3-17(11-15)24-6-8-25(9-7-24)20(26)10-14-13-23-19-12-16(22)4-5-18(14)19/h1-5,11-13,23H,6-10H2. The van der Waals surface area contributed by atoms with Crippen LogP contribution in [0.5, 0.6) is 0 Å². The van der Waals surface area contributed by atoms with Gasteiger partial charge in [-0.15, -0.1) is 0 Å². The second-order valence-corrected chi connectivity index (χ2v) is 7.40. The highest BCUT2D eigenvalue weighted by atomic mass is 35.5. The van der Waals surface area contributed by atoms with Crippen LogP contribution in [0.25, 0.3) is 10.9 Å². The molecular weight excluding hydrogens is 369 g/mol. The smallest absolute Gasteiger partial charge is 0.227 e. The molecule has 0 atom stereocenters. The van der Waals surface area contributed by atoms with Crippen LogP contribution in [0.15, 0.2) is 48.7 Å². The molecule has 1 aliphatic heterocycles. The van der Waals surface area contributed by atoms with Crippen LogP contribution in [0.3, 0.4) is 0 Å². The zero-order chi connectivity index (χ0) is 18.1. The minimum absolute atomic E-state index is 0.159. The van der Waals surface area contributed by atoms with Gasteiger partial charge in [0.2, 0.25) is 5.91 Å². The summed E-state index contributed by atoms with van der Waals surface area (Å²) >= 11 is 12.1. The van der Waals surface area contributed by atoms with Gasteiger partial charge in [-0.2, -0.15) is 0 Å². The zero-order valence-corrected chi connectivity index (χ0v) is 15.7. The van der Waals surface area contributed by atoms with E-state index in [1.165, 1.54) is 0 Å². The predicted molar refractivity (Wildman–Crippen MR) is 107 cm³/mol. The molecule has 1 aliphatic rings. The van der Waals surface area contributed by atoms with Gasteiger partial charge < -0.3 is 14.8 Å². The average Bonchev–Trinajstić information content (AvgIpc) is 3.03. The minimum Gasteiger partial charge on any atom is -0.368 e. The van der Waals surface area contributed by atoms with Crippen molar-refractivity contribution in [1.29, 1.82) is 0 Å². The van der Waals surface area contributed by atoms with Gasteiger partial charge in [0.15, 0.2) is 0 Å². The lowest BCUT2D eigenvalue weighted by Gasteiger charge is -2.36. The number of aromatic nitrogens is 1. The van der Waals surface area contributed by atoms with Crippen molar-refractivity contribution in [3.05, 3.63) is 64.3 Å². The molecule has 1 fully saturated rings. The number of nitrogens with one attached hydrogen (secondary N) is 1. The van der Waals surface area contributed by atoms with Crippen LogP contribution in [0.2, 0.25) is 10.0 Å². The van der Waals surface area contributed by atoms with Gasteiger partial charge in [0.25, 0.3) is 0 Å². The molecule has 1 N–H and O–H groups in total. The van der Waals surface area contributed by atoms with Crippen molar-refractivity contribution in [3.8, 4) is 0 Å². The number of nitrogens with zero attached hydrogens (tertiary/aromatic N) is 2. The highest BCUT2D eigenvalue weighted by Gasteiger charge is 2.22. The Hall–Kier alpha value is -2.17. The summed E-state index contributed by atoms with van der Waals surface area (Å²) in [4.78, 5) is 20.1. The first-order chi connectivity index (χ1) is 12.6. The van der Waals surface area contributed by atoms with Crippen LogP contribution in [-0.4, -0.2) is 42.0 Å². The number of fused-ring (bicyclic) bond motifs is 1. The Morgan fingerprint density at radius 2 is 1.77 bits per heavy atom. The summed E-state index contributed by atoms with van der Waals surface area (Å²) in [6.07, 6.45) is 2.31. The molecule has 0 unspecified atom stereocenters. The fraction of sp³-hybridized carbons (Fsp3) is 0.250. The first-order valence-electron chi connectivity index (χ1n) is 8.64. The van der Waals surface area contributed by atoms with Crippen LogP contribution in [-0.2, 0) is 11.2 Å². The Morgan fingerprint density at radius 3 is 2.54 bits per heavy atom. The number of H-pyrrole nitrogens is 1. The third-order valence-corrected chi connectivity index (χ3v) is 5.35. The van der Waals surface area contributed by atoms with Crippen molar-refractivity contribution in [2.75, 3.05) is 31.1 Å². The summed E-state index contributed by atoms with van der Waals surface area (Å²) in [5.41, 5.74) is 3.09. The van der Waals surface area contributed by atoms with Gasteiger partial charge in [-0.1, -0.05) is 35.3 Å². The van der Waals surface area contributed by atoms with Crippen molar-refractivity contribution in [2.24, 2.45) is 0 Å². The maximum Gasteiger partial charge on any atom is 0.227 e. The SMILES string of the molecule is O=C(Cc1c[nH]c2cc(Cl)ccc12)N1CCN(c2cccc(Cl)c2)CC1. The number of carbonyl (C=O) groups excluding carboxylic acids is 1. The molecule has 0 spiro atoms. The van der Waals surface area contributed by atoms with E-state index in [9.17, 15) is 4.79 Å². The molecule has 4 rings (SSSR count). The second-order valence-electron chi connectivity index (χ2n) is 6.53. The summed E-state index contributed by atoms with van der Waals surface area (Å²) in [6.45, 7) is 3.07. The number of benzene rings is 2. The lowest BCUT2D eigenvalue weighted by Crippen LogP contribution is -2.49. The molecule has 26 heavy (non-hydrogen) atoms. The number of hydrogen-bond acceptors (Lipinski definition) is 2. The summed E-state index contributed by atoms with van der Waals surface area (Å²) in [5, 5.41) is 2.48. The van der Waals surface area contributed by atoms with Crippen molar-refractivity contribution >= 4 is 45.7 Å². The fourth-order valence-electron chi connectivity index (χ4n) is 3.47. The first kappa shape index (κ1) is 17.3. The Bertz CT molecular complexity index is 945. The molecule has 1 amide bonds. The highest BCUT2D eigenvalue weighted by Crippen LogP contribution is 2.24. The lowest BCUT2D eigenvalue weighted by atomic mass is 10.1. The van der Waals surface area contributed by atoms with Gasteiger partial charge in [-0.05, 0) is 35.9 Å². The monoisotopic (exact) mass is 387 g/mol. The lowest BCUT2D eigenvalue weighted by molar-refractivity contribution is -0.130. The number of piperazine rings is 1. The number of anilines is 1. The van der Waals surface area contributed by atoms with E-state index in [0.717, 1.165) is 53.4 Å². The molecule has 6 heteroatoms. The molecule has 2 heterocycles. The van der Waals surface area contributed by atoms with E-state index < -0.39 is 0 Å². The third-order valence-electron chi connectivity index (χ3n) is 4.88. The van der Waals surface area contributed by atoms with E-state index in [4.69, 9.17) is 23.2 Å². The molecule has 0 radical (unpaired) electrons. The van der Waals surface area contributed by atoms with Crippen molar-refractivity contribution < 1.29 is 4.79 Å². The zero-order valence-electron chi connectivity index (χ0n) is 14.2.